The Bertz CT molecular complexity index is 810. The summed E-state index contributed by atoms with van der Waals surface area (Å²) >= 11 is 6.78. The average molecular weight is 347 g/mol. The third-order valence-corrected chi connectivity index (χ3v) is 3.74. The number of benzene rings is 1. The second kappa shape index (κ2) is 7.26. The molecule has 6 nitrogen and oxygen atoms in total. The number of pyridine rings is 1. The summed E-state index contributed by atoms with van der Waals surface area (Å²) in [5.74, 6) is 0.352. The number of hydrogen-bond donors (Lipinski definition) is 1. The van der Waals surface area contributed by atoms with Gasteiger partial charge in [-0.05, 0) is 30.3 Å². The number of rotatable bonds is 5. The highest BCUT2D eigenvalue weighted by molar-refractivity contribution is 8.13. The molecule has 0 saturated heterocycles. The Labute approximate surface area is 141 Å². The van der Waals surface area contributed by atoms with Gasteiger partial charge < -0.3 is 9.73 Å². The molecule has 3 aromatic rings. The normalized spacial score (nSPS) is 10.5. The van der Waals surface area contributed by atoms with E-state index in [1.807, 2.05) is 6.07 Å². The second-order valence-corrected chi connectivity index (χ2v) is 5.89. The van der Waals surface area contributed by atoms with E-state index in [-0.39, 0.29) is 16.9 Å². The van der Waals surface area contributed by atoms with Crippen LogP contribution in [-0.2, 0) is 4.79 Å². The van der Waals surface area contributed by atoms with Gasteiger partial charge in [0.15, 0.2) is 0 Å². The van der Waals surface area contributed by atoms with Gasteiger partial charge in [-0.15, -0.1) is 10.2 Å². The molecule has 0 saturated carbocycles. The van der Waals surface area contributed by atoms with E-state index >= 15 is 0 Å². The minimum atomic E-state index is -0.144. The molecule has 0 spiro atoms. The highest BCUT2D eigenvalue weighted by Crippen LogP contribution is 2.23. The van der Waals surface area contributed by atoms with Crippen LogP contribution in [0.3, 0.4) is 0 Å². The Balaban J connectivity index is 1.57. The number of carbonyl (C=O) groups excluding carboxylic acids is 1. The number of aromatic nitrogens is 3. The van der Waals surface area contributed by atoms with Crippen LogP contribution in [-0.4, -0.2) is 26.8 Å². The molecule has 0 fully saturated rings. The van der Waals surface area contributed by atoms with Gasteiger partial charge in [-0.1, -0.05) is 17.7 Å². The fraction of sp³-hybridized carbons (Fsp3) is 0.0667. The smallest absolute Gasteiger partial charge is 0.284 e. The summed E-state index contributed by atoms with van der Waals surface area (Å²) in [6, 6.07) is 10.7. The van der Waals surface area contributed by atoms with Crippen molar-refractivity contribution < 1.29 is 9.21 Å². The van der Waals surface area contributed by atoms with Crippen molar-refractivity contribution in [2.45, 2.75) is 5.22 Å². The summed E-state index contributed by atoms with van der Waals surface area (Å²) in [5, 5.41) is 11.4. The summed E-state index contributed by atoms with van der Waals surface area (Å²) in [5.41, 5.74) is 1.53. The second-order valence-electron chi connectivity index (χ2n) is 4.45. The third-order valence-electron chi connectivity index (χ3n) is 2.80. The Morgan fingerprint density at radius 1 is 1.22 bits per heavy atom. The van der Waals surface area contributed by atoms with E-state index in [1.54, 1.807) is 42.7 Å². The molecule has 0 radical (unpaired) electrons. The molecular weight excluding hydrogens is 336 g/mol. The predicted molar refractivity (Wildman–Crippen MR) is 88.3 cm³/mol. The molecule has 2 heterocycles. The van der Waals surface area contributed by atoms with E-state index in [9.17, 15) is 4.79 Å². The molecule has 8 heteroatoms. The third kappa shape index (κ3) is 4.30. The zero-order valence-corrected chi connectivity index (χ0v) is 13.3. The SMILES string of the molecule is O=C(CNc1cccc(Cl)c1)Sc1nnc(-c2ccncc2)o1. The van der Waals surface area contributed by atoms with E-state index in [0.29, 0.717) is 10.9 Å². The van der Waals surface area contributed by atoms with Crippen LogP contribution >= 0.6 is 23.4 Å². The Morgan fingerprint density at radius 3 is 2.83 bits per heavy atom. The van der Waals surface area contributed by atoms with Crippen molar-refractivity contribution in [3.05, 3.63) is 53.8 Å². The lowest BCUT2D eigenvalue weighted by Gasteiger charge is -2.04. The molecule has 0 unspecified atom stereocenters. The lowest BCUT2D eigenvalue weighted by atomic mass is 10.3. The molecule has 0 bridgehead atoms. The maximum Gasteiger partial charge on any atom is 0.284 e. The van der Waals surface area contributed by atoms with E-state index < -0.39 is 0 Å². The lowest BCUT2D eigenvalue weighted by Crippen LogP contribution is -2.10. The molecule has 3 rings (SSSR count). The highest BCUT2D eigenvalue weighted by atomic mass is 35.5. The van der Waals surface area contributed by atoms with E-state index in [1.165, 1.54) is 0 Å². The number of thioether (sulfide) groups is 1. The number of nitrogens with zero attached hydrogens (tertiary/aromatic N) is 3. The first-order valence-corrected chi connectivity index (χ1v) is 7.84. The van der Waals surface area contributed by atoms with Gasteiger partial charge in [0.2, 0.25) is 11.0 Å². The largest absolute Gasteiger partial charge is 0.411 e. The zero-order chi connectivity index (χ0) is 16.1. The zero-order valence-electron chi connectivity index (χ0n) is 11.8. The number of hydrogen-bond acceptors (Lipinski definition) is 7. The van der Waals surface area contributed by atoms with Crippen molar-refractivity contribution in [1.82, 2.24) is 15.2 Å². The number of anilines is 1. The van der Waals surface area contributed by atoms with Crippen LogP contribution in [0.25, 0.3) is 11.5 Å². The first-order valence-electron chi connectivity index (χ1n) is 6.65. The van der Waals surface area contributed by atoms with Gasteiger partial charge >= 0.3 is 0 Å². The first kappa shape index (κ1) is 15.5. The van der Waals surface area contributed by atoms with Crippen molar-refractivity contribution in [3.8, 4) is 11.5 Å². The number of carbonyl (C=O) groups is 1. The van der Waals surface area contributed by atoms with Crippen molar-refractivity contribution in [2.24, 2.45) is 0 Å². The highest BCUT2D eigenvalue weighted by Gasteiger charge is 2.13. The fourth-order valence-electron chi connectivity index (χ4n) is 1.77. The average Bonchev–Trinajstić information content (AvgIpc) is 3.02. The molecule has 0 atom stereocenters. The van der Waals surface area contributed by atoms with Crippen molar-refractivity contribution in [2.75, 3.05) is 11.9 Å². The number of nitrogens with one attached hydrogen (secondary N) is 1. The standard InChI is InChI=1S/C15H11ClN4O2S/c16-11-2-1-3-12(8-11)18-9-13(21)23-15-20-19-14(22-15)10-4-6-17-7-5-10/h1-8,18H,9H2. The monoisotopic (exact) mass is 346 g/mol. The van der Waals surface area contributed by atoms with Gasteiger partial charge in [0.05, 0.1) is 6.54 Å². The van der Waals surface area contributed by atoms with Gasteiger partial charge in [0, 0.05) is 40.4 Å². The van der Waals surface area contributed by atoms with Crippen LogP contribution in [0.4, 0.5) is 5.69 Å². The van der Waals surface area contributed by atoms with Crippen LogP contribution in [0.2, 0.25) is 5.02 Å². The van der Waals surface area contributed by atoms with E-state index in [2.05, 4.69) is 20.5 Å². The summed E-state index contributed by atoms with van der Waals surface area (Å²) in [6.07, 6.45) is 3.26. The maximum absolute atomic E-state index is 11.9. The molecule has 1 N–H and O–H groups in total. The van der Waals surface area contributed by atoms with Crippen molar-refractivity contribution >= 4 is 34.2 Å². The minimum absolute atomic E-state index is 0.123. The molecule has 2 aromatic heterocycles. The van der Waals surface area contributed by atoms with Gasteiger partial charge in [0.25, 0.3) is 5.22 Å². The summed E-state index contributed by atoms with van der Waals surface area (Å²) in [6.45, 7) is 0.123. The topological polar surface area (TPSA) is 80.9 Å². The van der Waals surface area contributed by atoms with Gasteiger partial charge in [-0.25, -0.2) is 0 Å². The van der Waals surface area contributed by atoms with Crippen molar-refractivity contribution in [1.29, 1.82) is 0 Å². The Kier molecular flexibility index (Phi) is 4.89. The van der Waals surface area contributed by atoms with Crippen LogP contribution in [0, 0.1) is 0 Å². The molecule has 0 aliphatic rings. The van der Waals surface area contributed by atoms with Gasteiger partial charge in [-0.3, -0.25) is 9.78 Å². The van der Waals surface area contributed by atoms with Crippen LogP contribution in [0.5, 0.6) is 0 Å². The molecule has 0 amide bonds. The Hall–Kier alpha value is -2.38. The van der Waals surface area contributed by atoms with Crippen LogP contribution < -0.4 is 5.32 Å². The molecule has 23 heavy (non-hydrogen) atoms. The van der Waals surface area contributed by atoms with Gasteiger partial charge in [-0.2, -0.15) is 0 Å². The molecule has 116 valence electrons. The van der Waals surface area contributed by atoms with E-state index in [0.717, 1.165) is 23.0 Å². The van der Waals surface area contributed by atoms with Crippen LogP contribution in [0.1, 0.15) is 0 Å². The molecule has 0 aliphatic carbocycles. The summed E-state index contributed by atoms with van der Waals surface area (Å²) < 4.78 is 5.45. The summed E-state index contributed by atoms with van der Waals surface area (Å²) in [4.78, 5) is 15.9. The first-order chi connectivity index (χ1) is 11.2. The summed E-state index contributed by atoms with van der Waals surface area (Å²) in [7, 11) is 0. The molecule has 1 aromatic carbocycles. The van der Waals surface area contributed by atoms with Crippen LogP contribution in [0.15, 0.2) is 58.4 Å². The van der Waals surface area contributed by atoms with Gasteiger partial charge in [0.1, 0.15) is 0 Å². The Morgan fingerprint density at radius 2 is 2.04 bits per heavy atom. The minimum Gasteiger partial charge on any atom is -0.411 e. The molecular formula is C15H11ClN4O2S. The maximum atomic E-state index is 11.9. The lowest BCUT2D eigenvalue weighted by molar-refractivity contribution is -0.109. The van der Waals surface area contributed by atoms with Crippen molar-refractivity contribution in [3.63, 3.8) is 0 Å². The van der Waals surface area contributed by atoms with E-state index in [4.69, 9.17) is 16.0 Å². The molecule has 0 aliphatic heterocycles. The quantitative estimate of drug-likeness (QED) is 0.708. The fourth-order valence-corrected chi connectivity index (χ4v) is 2.50. The predicted octanol–water partition coefficient (Wildman–Crippen LogP) is 3.52. The number of halogens is 1.